The molecule has 2 heterocycles. The lowest BCUT2D eigenvalue weighted by atomic mass is 9.92. The molecule has 4 rings (SSSR count). The maximum Gasteiger partial charge on any atom is 0.265 e. The van der Waals surface area contributed by atoms with Gasteiger partial charge in [0.25, 0.3) is 20.0 Å². The maximum absolute atomic E-state index is 13.3. The zero-order valence-electron chi connectivity index (χ0n) is 18.6. The Hall–Kier alpha value is -3.22. The second-order valence-corrected chi connectivity index (χ2v) is 12.7. The fraction of sp³-hybridized carbons (Fsp3) is 0.182. The van der Waals surface area contributed by atoms with Gasteiger partial charge >= 0.3 is 0 Å². The molecule has 0 bridgehead atoms. The van der Waals surface area contributed by atoms with E-state index in [0.717, 1.165) is 17.0 Å². The van der Waals surface area contributed by atoms with Gasteiger partial charge in [0, 0.05) is 22.7 Å². The van der Waals surface area contributed by atoms with Gasteiger partial charge in [-0.15, -0.1) is 11.3 Å². The topological polar surface area (TPSA) is 123 Å². The lowest BCUT2D eigenvalue weighted by Crippen LogP contribution is -2.20. The Morgan fingerprint density at radius 2 is 1.56 bits per heavy atom. The molecule has 2 aromatic carbocycles. The largest absolute Gasteiger partial charge is 0.280 e. The van der Waals surface area contributed by atoms with E-state index in [0.29, 0.717) is 5.69 Å². The number of para-hydroxylation sites is 1. The normalized spacial score (nSPS) is 12.4. The summed E-state index contributed by atoms with van der Waals surface area (Å²) in [7, 11) is -7.85. The highest BCUT2D eigenvalue weighted by molar-refractivity contribution is 7.93. The molecule has 0 aliphatic rings. The van der Waals surface area contributed by atoms with Crippen molar-refractivity contribution in [3.8, 4) is 5.69 Å². The molecule has 12 heteroatoms. The third kappa shape index (κ3) is 5.13. The highest BCUT2D eigenvalue weighted by Gasteiger charge is 2.30. The van der Waals surface area contributed by atoms with Gasteiger partial charge in [0.05, 0.1) is 22.5 Å². The average molecular weight is 518 g/mol. The van der Waals surface area contributed by atoms with Crippen LogP contribution >= 0.6 is 11.3 Å². The monoisotopic (exact) mass is 517 g/mol. The van der Waals surface area contributed by atoms with Gasteiger partial charge in [-0.1, -0.05) is 39.0 Å². The van der Waals surface area contributed by atoms with Crippen LogP contribution in [0.1, 0.15) is 26.5 Å². The summed E-state index contributed by atoms with van der Waals surface area (Å²) in [6, 6.07) is 14.7. The number of nitrogens with zero attached hydrogens (tertiary/aromatic N) is 3. The van der Waals surface area contributed by atoms with Crippen molar-refractivity contribution in [1.82, 2.24) is 14.8 Å². The molecule has 2 N–H and O–H groups in total. The van der Waals surface area contributed by atoms with Crippen LogP contribution in [0.4, 0.5) is 10.8 Å². The Bertz CT molecular complexity index is 1490. The predicted octanol–water partition coefficient (Wildman–Crippen LogP) is 4.23. The summed E-state index contributed by atoms with van der Waals surface area (Å²) in [5.41, 5.74) is 0.830. The van der Waals surface area contributed by atoms with Crippen LogP contribution in [0.3, 0.4) is 0 Å². The van der Waals surface area contributed by atoms with E-state index in [9.17, 15) is 16.8 Å². The molecule has 0 atom stereocenters. The van der Waals surface area contributed by atoms with Gasteiger partial charge in [-0.3, -0.25) is 9.44 Å². The molecule has 9 nitrogen and oxygen atoms in total. The third-order valence-electron chi connectivity index (χ3n) is 4.77. The zero-order valence-corrected chi connectivity index (χ0v) is 21.1. The summed E-state index contributed by atoms with van der Waals surface area (Å²) in [4.78, 5) is 3.94. The number of hydrogen-bond acceptors (Lipinski definition) is 7. The number of aromatic nitrogens is 3. The Morgan fingerprint density at radius 3 is 2.15 bits per heavy atom. The molecule has 4 aromatic rings. The van der Waals surface area contributed by atoms with Gasteiger partial charge in [0.15, 0.2) is 5.13 Å². The van der Waals surface area contributed by atoms with Crippen molar-refractivity contribution >= 4 is 42.2 Å². The van der Waals surface area contributed by atoms with Gasteiger partial charge in [0.2, 0.25) is 0 Å². The van der Waals surface area contributed by atoms with Gasteiger partial charge in [-0.05, 0) is 36.4 Å². The fourth-order valence-electron chi connectivity index (χ4n) is 3.15. The van der Waals surface area contributed by atoms with Crippen LogP contribution in [0, 0.1) is 0 Å². The number of benzene rings is 2. The van der Waals surface area contributed by atoms with Crippen LogP contribution < -0.4 is 9.44 Å². The highest BCUT2D eigenvalue weighted by Crippen LogP contribution is 2.30. The Balaban J connectivity index is 1.63. The third-order valence-corrected chi connectivity index (χ3v) is 8.33. The fourth-order valence-corrected chi connectivity index (χ4v) is 6.33. The number of thiazole rings is 1. The van der Waals surface area contributed by atoms with Crippen LogP contribution in [-0.4, -0.2) is 31.6 Å². The van der Waals surface area contributed by atoms with Gasteiger partial charge in [0.1, 0.15) is 4.90 Å². The molecule has 0 unspecified atom stereocenters. The Kier molecular flexibility index (Phi) is 6.23. The molecule has 0 aliphatic heterocycles. The summed E-state index contributed by atoms with van der Waals surface area (Å²) < 4.78 is 58.1. The number of rotatable bonds is 7. The number of nitrogens with one attached hydrogen (secondary N) is 2. The maximum atomic E-state index is 13.3. The lowest BCUT2D eigenvalue weighted by Gasteiger charge is -2.18. The first-order valence-electron chi connectivity index (χ1n) is 10.2. The summed E-state index contributed by atoms with van der Waals surface area (Å²) in [6.07, 6.45) is 2.97. The van der Waals surface area contributed by atoms with Crippen molar-refractivity contribution in [2.24, 2.45) is 0 Å². The molecule has 0 amide bonds. The number of anilines is 2. The average Bonchev–Trinajstić information content (AvgIpc) is 3.44. The first-order chi connectivity index (χ1) is 16.0. The van der Waals surface area contributed by atoms with Crippen LogP contribution in [0.2, 0.25) is 0 Å². The summed E-state index contributed by atoms with van der Waals surface area (Å²) in [5, 5.41) is 6.45. The van der Waals surface area contributed by atoms with E-state index in [2.05, 4.69) is 19.5 Å². The van der Waals surface area contributed by atoms with Gasteiger partial charge < -0.3 is 0 Å². The molecule has 0 spiro atoms. The van der Waals surface area contributed by atoms with Crippen molar-refractivity contribution in [2.45, 2.75) is 36.0 Å². The van der Waals surface area contributed by atoms with Crippen molar-refractivity contribution in [3.05, 3.63) is 78.1 Å². The smallest absolute Gasteiger partial charge is 0.265 e. The van der Waals surface area contributed by atoms with E-state index in [-0.39, 0.29) is 20.6 Å². The first kappa shape index (κ1) is 23.9. The SMILES string of the molecule is CC(C)(C)c1nn(-c2ccccc2)cc1S(=O)(=O)Nc1ccc(S(=O)(=O)Nc2nccs2)cc1. The summed E-state index contributed by atoms with van der Waals surface area (Å²) >= 11 is 1.16. The minimum atomic E-state index is -4.01. The number of hydrogen-bond donors (Lipinski definition) is 2. The minimum absolute atomic E-state index is 0.0158. The highest BCUT2D eigenvalue weighted by atomic mass is 32.2. The molecule has 0 saturated heterocycles. The van der Waals surface area contributed by atoms with Crippen molar-refractivity contribution in [1.29, 1.82) is 0 Å². The Labute approximate surface area is 202 Å². The first-order valence-corrected chi connectivity index (χ1v) is 14.0. The van der Waals surface area contributed by atoms with E-state index >= 15 is 0 Å². The van der Waals surface area contributed by atoms with Crippen LogP contribution in [0.15, 0.2) is 82.2 Å². The van der Waals surface area contributed by atoms with E-state index in [4.69, 9.17) is 0 Å². The molecular formula is C22H23N5O4S3. The molecule has 34 heavy (non-hydrogen) atoms. The van der Waals surface area contributed by atoms with Crippen LogP contribution in [0.5, 0.6) is 0 Å². The second-order valence-electron chi connectivity index (χ2n) is 8.44. The van der Waals surface area contributed by atoms with Crippen molar-refractivity contribution < 1.29 is 16.8 Å². The second kappa shape index (κ2) is 8.85. The molecular weight excluding hydrogens is 494 g/mol. The van der Waals surface area contributed by atoms with Crippen molar-refractivity contribution in [2.75, 3.05) is 9.44 Å². The molecule has 0 aliphatic carbocycles. The van der Waals surface area contributed by atoms with Crippen molar-refractivity contribution in [3.63, 3.8) is 0 Å². The molecule has 178 valence electrons. The molecule has 2 aromatic heterocycles. The number of sulfonamides is 2. The van der Waals surface area contributed by atoms with Gasteiger partial charge in [-0.2, -0.15) is 5.10 Å². The van der Waals surface area contributed by atoms with E-state index < -0.39 is 25.5 Å². The summed E-state index contributed by atoms with van der Waals surface area (Å²) in [6.45, 7) is 5.66. The predicted molar refractivity (Wildman–Crippen MR) is 132 cm³/mol. The molecule has 0 saturated carbocycles. The standard InChI is InChI=1S/C22H23N5O4S3/c1-22(2,3)20-19(15-27(24-20)17-7-5-4-6-8-17)34(30,31)25-16-9-11-18(12-10-16)33(28,29)26-21-23-13-14-32-21/h4-15,25H,1-3H3,(H,23,26). The molecule has 0 radical (unpaired) electrons. The zero-order chi connectivity index (χ0) is 24.6. The lowest BCUT2D eigenvalue weighted by molar-refractivity contribution is 0.543. The van der Waals surface area contributed by atoms with E-state index in [1.54, 1.807) is 5.38 Å². The Morgan fingerprint density at radius 1 is 0.882 bits per heavy atom. The van der Waals surface area contributed by atoms with E-state index in [1.807, 2.05) is 51.1 Å². The van der Waals surface area contributed by atoms with Gasteiger partial charge in [-0.25, -0.2) is 26.5 Å². The summed E-state index contributed by atoms with van der Waals surface area (Å²) in [5.74, 6) is 0. The van der Waals surface area contributed by atoms with Crippen LogP contribution in [0.25, 0.3) is 5.69 Å². The van der Waals surface area contributed by atoms with Crippen LogP contribution in [-0.2, 0) is 25.5 Å². The molecule has 0 fully saturated rings. The quantitative estimate of drug-likeness (QED) is 0.378. The van der Waals surface area contributed by atoms with E-state index in [1.165, 1.54) is 41.3 Å². The minimum Gasteiger partial charge on any atom is -0.280 e.